The molecule has 25 heavy (non-hydrogen) atoms. The summed E-state index contributed by atoms with van der Waals surface area (Å²) in [6.45, 7) is 0.798. The first-order chi connectivity index (χ1) is 12.0. The van der Waals surface area contributed by atoms with Gasteiger partial charge < -0.3 is 14.9 Å². The lowest BCUT2D eigenvalue weighted by Crippen LogP contribution is -2.48. The van der Waals surface area contributed by atoms with Crippen molar-refractivity contribution in [3.63, 3.8) is 0 Å². The Bertz CT molecular complexity index is 668. The minimum atomic E-state index is -0.859. The van der Waals surface area contributed by atoms with Crippen LogP contribution in [-0.4, -0.2) is 64.6 Å². The van der Waals surface area contributed by atoms with Crippen molar-refractivity contribution in [3.05, 3.63) is 29.8 Å². The lowest BCUT2D eigenvalue weighted by atomic mass is 9.98. The first-order valence-electron chi connectivity index (χ1n) is 8.46. The minimum absolute atomic E-state index is 0.00141. The van der Waals surface area contributed by atoms with E-state index in [2.05, 4.69) is 0 Å². The molecule has 2 heterocycles. The molecule has 0 saturated carbocycles. The predicted molar refractivity (Wildman–Crippen MR) is 94.4 cm³/mol. The summed E-state index contributed by atoms with van der Waals surface area (Å²) < 4.78 is 0. The van der Waals surface area contributed by atoms with Gasteiger partial charge in [0, 0.05) is 25.0 Å². The summed E-state index contributed by atoms with van der Waals surface area (Å²) in [7, 11) is 1.64. The molecule has 3 rings (SSSR count). The van der Waals surface area contributed by atoms with Crippen LogP contribution < -0.4 is 0 Å². The van der Waals surface area contributed by atoms with E-state index in [1.807, 2.05) is 24.3 Å². The highest BCUT2D eigenvalue weighted by Crippen LogP contribution is 2.37. The van der Waals surface area contributed by atoms with Crippen molar-refractivity contribution in [2.45, 2.75) is 29.4 Å². The quantitative estimate of drug-likeness (QED) is 0.878. The van der Waals surface area contributed by atoms with Crippen LogP contribution in [0.15, 0.2) is 29.2 Å². The molecule has 7 heteroatoms. The average Bonchev–Trinajstić information content (AvgIpc) is 3.05. The van der Waals surface area contributed by atoms with Crippen LogP contribution in [0.1, 0.15) is 18.4 Å². The maximum Gasteiger partial charge on any atom is 0.308 e. The van der Waals surface area contributed by atoms with E-state index in [0.29, 0.717) is 25.8 Å². The Kier molecular flexibility index (Phi) is 5.32. The second-order valence-electron chi connectivity index (χ2n) is 6.63. The SMILES string of the molecule is CN(CC(=O)N1CCCC(C(=O)O)C1)C(=O)C1Cc2ccccc2S1. The van der Waals surface area contributed by atoms with E-state index in [9.17, 15) is 14.4 Å². The molecule has 2 aliphatic heterocycles. The molecule has 0 radical (unpaired) electrons. The molecule has 6 nitrogen and oxygen atoms in total. The molecule has 1 aromatic rings. The number of amides is 2. The van der Waals surface area contributed by atoms with Gasteiger partial charge in [-0.15, -0.1) is 11.8 Å². The van der Waals surface area contributed by atoms with Crippen molar-refractivity contribution >= 4 is 29.5 Å². The summed E-state index contributed by atoms with van der Waals surface area (Å²) in [5.41, 5.74) is 1.17. The van der Waals surface area contributed by atoms with Crippen molar-refractivity contribution in [2.75, 3.05) is 26.7 Å². The van der Waals surface area contributed by atoms with Crippen LogP contribution in [0.5, 0.6) is 0 Å². The number of likely N-dealkylation sites (N-methyl/N-ethyl adjacent to an activating group) is 1. The zero-order valence-electron chi connectivity index (χ0n) is 14.2. The van der Waals surface area contributed by atoms with Gasteiger partial charge in [0.25, 0.3) is 0 Å². The van der Waals surface area contributed by atoms with Crippen LogP contribution >= 0.6 is 11.8 Å². The van der Waals surface area contributed by atoms with Crippen LogP contribution in [-0.2, 0) is 20.8 Å². The molecule has 1 fully saturated rings. The second kappa shape index (κ2) is 7.47. The molecule has 0 aliphatic carbocycles. The van der Waals surface area contributed by atoms with Gasteiger partial charge in [0.1, 0.15) is 0 Å². The third-order valence-electron chi connectivity index (χ3n) is 4.79. The zero-order valence-corrected chi connectivity index (χ0v) is 15.0. The summed E-state index contributed by atoms with van der Waals surface area (Å²) in [6.07, 6.45) is 1.97. The van der Waals surface area contributed by atoms with Gasteiger partial charge in [-0.05, 0) is 30.9 Å². The van der Waals surface area contributed by atoms with Crippen molar-refractivity contribution in [1.82, 2.24) is 9.80 Å². The predicted octanol–water partition coefficient (Wildman–Crippen LogP) is 1.49. The largest absolute Gasteiger partial charge is 0.481 e. The summed E-state index contributed by atoms with van der Waals surface area (Å²) in [6, 6.07) is 7.97. The van der Waals surface area contributed by atoms with Crippen molar-refractivity contribution in [3.8, 4) is 0 Å². The Balaban J connectivity index is 1.55. The minimum Gasteiger partial charge on any atom is -0.481 e. The van der Waals surface area contributed by atoms with Crippen molar-refractivity contribution in [1.29, 1.82) is 0 Å². The van der Waals surface area contributed by atoms with E-state index < -0.39 is 11.9 Å². The number of hydrogen-bond donors (Lipinski definition) is 1. The van der Waals surface area contributed by atoms with Gasteiger partial charge in [-0.3, -0.25) is 14.4 Å². The van der Waals surface area contributed by atoms with E-state index >= 15 is 0 Å². The number of carboxylic acids is 1. The molecule has 2 aliphatic rings. The van der Waals surface area contributed by atoms with Crippen LogP contribution in [0.2, 0.25) is 0 Å². The third-order valence-corrected chi connectivity index (χ3v) is 6.10. The Morgan fingerprint density at radius 3 is 2.80 bits per heavy atom. The number of fused-ring (bicyclic) bond motifs is 1. The normalized spacial score (nSPS) is 22.4. The van der Waals surface area contributed by atoms with Gasteiger partial charge in [0.15, 0.2) is 0 Å². The summed E-state index contributed by atoms with van der Waals surface area (Å²) in [5.74, 6) is -1.59. The molecule has 1 aromatic carbocycles. The standard InChI is InChI=1S/C18H22N2O4S/c1-19(11-16(21)20-8-4-6-13(10-20)18(23)24)17(22)15-9-12-5-2-3-7-14(12)25-15/h2-3,5,7,13,15H,4,6,8-11H2,1H3,(H,23,24). The molecule has 1 saturated heterocycles. The molecule has 2 atom stereocenters. The monoisotopic (exact) mass is 362 g/mol. The lowest BCUT2D eigenvalue weighted by molar-refractivity contribution is -0.147. The molecular weight excluding hydrogens is 340 g/mol. The fraction of sp³-hybridized carbons (Fsp3) is 0.500. The van der Waals surface area contributed by atoms with E-state index in [4.69, 9.17) is 5.11 Å². The van der Waals surface area contributed by atoms with E-state index in [-0.39, 0.29) is 30.2 Å². The smallest absolute Gasteiger partial charge is 0.308 e. The number of carbonyl (C=O) groups excluding carboxylic acids is 2. The van der Waals surface area contributed by atoms with Gasteiger partial charge in [0.2, 0.25) is 11.8 Å². The van der Waals surface area contributed by atoms with Gasteiger partial charge in [0.05, 0.1) is 17.7 Å². The molecule has 0 aromatic heterocycles. The highest BCUT2D eigenvalue weighted by Gasteiger charge is 2.33. The first-order valence-corrected chi connectivity index (χ1v) is 9.34. The van der Waals surface area contributed by atoms with Gasteiger partial charge >= 0.3 is 5.97 Å². The second-order valence-corrected chi connectivity index (χ2v) is 7.87. The van der Waals surface area contributed by atoms with Crippen LogP contribution in [0, 0.1) is 5.92 Å². The molecule has 0 bridgehead atoms. The van der Waals surface area contributed by atoms with Crippen molar-refractivity contribution < 1.29 is 19.5 Å². The molecule has 1 N–H and O–H groups in total. The number of rotatable bonds is 4. The van der Waals surface area contributed by atoms with E-state index in [1.165, 1.54) is 10.5 Å². The maximum atomic E-state index is 12.6. The van der Waals surface area contributed by atoms with Crippen LogP contribution in [0.25, 0.3) is 0 Å². The lowest BCUT2D eigenvalue weighted by Gasteiger charge is -2.32. The Labute approximate surface area is 151 Å². The Morgan fingerprint density at radius 1 is 1.32 bits per heavy atom. The number of thioether (sulfide) groups is 1. The molecule has 134 valence electrons. The molecular formula is C18H22N2O4S. The Hall–Kier alpha value is -2.02. The fourth-order valence-electron chi connectivity index (χ4n) is 3.35. The molecule has 2 amide bonds. The van der Waals surface area contributed by atoms with Crippen molar-refractivity contribution in [2.24, 2.45) is 5.92 Å². The van der Waals surface area contributed by atoms with E-state index in [1.54, 1.807) is 23.7 Å². The topological polar surface area (TPSA) is 77.9 Å². The van der Waals surface area contributed by atoms with Gasteiger partial charge in [-0.25, -0.2) is 0 Å². The van der Waals surface area contributed by atoms with E-state index in [0.717, 1.165) is 4.90 Å². The summed E-state index contributed by atoms with van der Waals surface area (Å²) in [4.78, 5) is 40.4. The number of benzene rings is 1. The van der Waals surface area contributed by atoms with Crippen LogP contribution in [0.3, 0.4) is 0 Å². The highest BCUT2D eigenvalue weighted by atomic mass is 32.2. The number of likely N-dealkylation sites (tertiary alicyclic amines) is 1. The van der Waals surface area contributed by atoms with Gasteiger partial charge in [-0.2, -0.15) is 0 Å². The number of hydrogen-bond acceptors (Lipinski definition) is 4. The fourth-order valence-corrected chi connectivity index (χ4v) is 4.66. The first kappa shape index (κ1) is 17.8. The molecule has 2 unspecified atom stereocenters. The summed E-state index contributed by atoms with van der Waals surface area (Å²) in [5, 5.41) is 8.94. The number of nitrogens with zero attached hydrogens (tertiary/aromatic N) is 2. The number of carboxylic acid groups (broad SMARTS) is 1. The third kappa shape index (κ3) is 3.98. The maximum absolute atomic E-state index is 12.6. The van der Waals surface area contributed by atoms with Crippen LogP contribution in [0.4, 0.5) is 0 Å². The highest BCUT2D eigenvalue weighted by molar-refractivity contribution is 8.01. The number of carbonyl (C=O) groups is 3. The summed E-state index contributed by atoms with van der Waals surface area (Å²) >= 11 is 1.55. The zero-order chi connectivity index (χ0) is 18.0. The number of piperidine rings is 1. The number of aliphatic carboxylic acids is 1. The van der Waals surface area contributed by atoms with Gasteiger partial charge in [-0.1, -0.05) is 18.2 Å². The molecule has 0 spiro atoms. The Morgan fingerprint density at radius 2 is 2.08 bits per heavy atom. The average molecular weight is 362 g/mol.